The Hall–Kier alpha value is -2.82. The van der Waals surface area contributed by atoms with Crippen LogP contribution in [-0.2, 0) is 9.53 Å². The number of aryl methyl sites for hydroxylation is 2. The zero-order valence-corrected chi connectivity index (χ0v) is 16.9. The van der Waals surface area contributed by atoms with Crippen LogP contribution in [0.25, 0.3) is 0 Å². The summed E-state index contributed by atoms with van der Waals surface area (Å²) in [5, 5.41) is 2.82. The van der Waals surface area contributed by atoms with E-state index in [0.717, 1.165) is 29.7 Å². The zero-order chi connectivity index (χ0) is 20.4. The summed E-state index contributed by atoms with van der Waals surface area (Å²) < 4.78 is 11.0. The van der Waals surface area contributed by atoms with Crippen LogP contribution in [0.15, 0.2) is 42.5 Å². The molecule has 2 aromatic carbocycles. The molecule has 5 nitrogen and oxygen atoms in total. The van der Waals surface area contributed by atoms with E-state index in [4.69, 9.17) is 9.47 Å². The SMILES string of the molecule is CCCCOC(=O)c1cccc(NC(=O)CCCOc2cc(C)ccc2C)c1. The van der Waals surface area contributed by atoms with Gasteiger partial charge < -0.3 is 14.8 Å². The first-order valence-electron chi connectivity index (χ1n) is 9.76. The number of carbonyl (C=O) groups is 2. The molecule has 0 heterocycles. The summed E-state index contributed by atoms with van der Waals surface area (Å²) >= 11 is 0. The Morgan fingerprint density at radius 2 is 1.82 bits per heavy atom. The number of esters is 1. The smallest absolute Gasteiger partial charge is 0.338 e. The predicted octanol–water partition coefficient (Wildman–Crippen LogP) is 5.06. The first-order valence-corrected chi connectivity index (χ1v) is 9.76. The number of benzene rings is 2. The molecule has 2 rings (SSSR count). The zero-order valence-electron chi connectivity index (χ0n) is 16.9. The van der Waals surface area contributed by atoms with Gasteiger partial charge >= 0.3 is 5.97 Å². The highest BCUT2D eigenvalue weighted by Crippen LogP contribution is 2.19. The Balaban J connectivity index is 1.77. The lowest BCUT2D eigenvalue weighted by Crippen LogP contribution is -2.14. The highest BCUT2D eigenvalue weighted by atomic mass is 16.5. The van der Waals surface area contributed by atoms with Crippen molar-refractivity contribution in [1.29, 1.82) is 0 Å². The van der Waals surface area contributed by atoms with Crippen molar-refractivity contribution in [3.8, 4) is 5.75 Å². The van der Waals surface area contributed by atoms with Crippen molar-refractivity contribution in [3.05, 3.63) is 59.2 Å². The number of rotatable bonds is 10. The van der Waals surface area contributed by atoms with E-state index in [1.165, 1.54) is 0 Å². The van der Waals surface area contributed by atoms with Crippen molar-refractivity contribution in [2.75, 3.05) is 18.5 Å². The number of nitrogens with one attached hydrogen (secondary N) is 1. The molecule has 5 heteroatoms. The van der Waals surface area contributed by atoms with Crippen LogP contribution in [0.2, 0.25) is 0 Å². The third-order valence-electron chi connectivity index (χ3n) is 4.26. The molecule has 0 aromatic heterocycles. The molecule has 1 N–H and O–H groups in total. The van der Waals surface area contributed by atoms with Crippen LogP contribution in [0.3, 0.4) is 0 Å². The number of hydrogen-bond donors (Lipinski definition) is 1. The lowest BCUT2D eigenvalue weighted by Gasteiger charge is -2.10. The van der Waals surface area contributed by atoms with Crippen molar-refractivity contribution < 1.29 is 19.1 Å². The van der Waals surface area contributed by atoms with Gasteiger partial charge in [0.25, 0.3) is 0 Å². The van der Waals surface area contributed by atoms with Crippen LogP contribution >= 0.6 is 0 Å². The van der Waals surface area contributed by atoms with Gasteiger partial charge in [0, 0.05) is 12.1 Å². The minimum atomic E-state index is -0.369. The molecule has 0 unspecified atom stereocenters. The molecule has 0 saturated carbocycles. The van der Waals surface area contributed by atoms with Crippen molar-refractivity contribution in [2.45, 2.75) is 46.5 Å². The molecular formula is C23H29NO4. The second-order valence-corrected chi connectivity index (χ2v) is 6.84. The largest absolute Gasteiger partial charge is 0.493 e. The van der Waals surface area contributed by atoms with Gasteiger partial charge in [-0.3, -0.25) is 4.79 Å². The molecule has 0 spiro atoms. The molecule has 28 heavy (non-hydrogen) atoms. The van der Waals surface area contributed by atoms with Crippen molar-refractivity contribution in [3.63, 3.8) is 0 Å². The number of anilines is 1. The molecule has 0 fully saturated rings. The fourth-order valence-corrected chi connectivity index (χ4v) is 2.62. The van der Waals surface area contributed by atoms with Gasteiger partial charge in [-0.2, -0.15) is 0 Å². The molecule has 1 amide bonds. The fourth-order valence-electron chi connectivity index (χ4n) is 2.62. The van der Waals surface area contributed by atoms with E-state index >= 15 is 0 Å². The first kappa shape index (κ1) is 21.5. The van der Waals surface area contributed by atoms with Gasteiger partial charge in [-0.1, -0.05) is 31.5 Å². The summed E-state index contributed by atoms with van der Waals surface area (Å²) in [5.41, 5.74) is 3.25. The molecule has 150 valence electrons. The molecule has 0 saturated heterocycles. The van der Waals surface area contributed by atoms with E-state index < -0.39 is 0 Å². The minimum Gasteiger partial charge on any atom is -0.493 e. The molecule has 0 atom stereocenters. The Morgan fingerprint density at radius 3 is 2.61 bits per heavy atom. The third kappa shape index (κ3) is 7.06. The van der Waals surface area contributed by atoms with Gasteiger partial charge in [-0.15, -0.1) is 0 Å². The van der Waals surface area contributed by atoms with E-state index in [2.05, 4.69) is 5.32 Å². The average molecular weight is 383 g/mol. The van der Waals surface area contributed by atoms with Gasteiger partial charge in [0.2, 0.25) is 5.91 Å². The van der Waals surface area contributed by atoms with Crippen LogP contribution in [0.5, 0.6) is 5.75 Å². The van der Waals surface area contributed by atoms with Crippen molar-refractivity contribution in [2.24, 2.45) is 0 Å². The summed E-state index contributed by atoms with van der Waals surface area (Å²) in [4.78, 5) is 24.2. The standard InChI is InChI=1S/C23H29NO4/c1-4-5-13-28-23(26)19-8-6-9-20(16-19)24-22(25)10-7-14-27-21-15-17(2)11-12-18(21)3/h6,8-9,11-12,15-16H,4-5,7,10,13-14H2,1-3H3,(H,24,25). The summed E-state index contributed by atoms with van der Waals surface area (Å²) in [6.45, 7) is 6.94. The van der Waals surface area contributed by atoms with Crippen LogP contribution in [0.1, 0.15) is 54.1 Å². The minimum absolute atomic E-state index is 0.110. The molecule has 0 aliphatic rings. The highest BCUT2D eigenvalue weighted by Gasteiger charge is 2.09. The third-order valence-corrected chi connectivity index (χ3v) is 4.26. The maximum atomic E-state index is 12.2. The second-order valence-electron chi connectivity index (χ2n) is 6.84. The molecule has 0 bridgehead atoms. The number of carbonyl (C=O) groups excluding carboxylic acids is 2. The quantitative estimate of drug-likeness (QED) is 0.460. The monoisotopic (exact) mass is 383 g/mol. The predicted molar refractivity (Wildman–Crippen MR) is 111 cm³/mol. The normalized spacial score (nSPS) is 10.4. The average Bonchev–Trinajstić information content (AvgIpc) is 2.68. The van der Waals surface area contributed by atoms with Crippen LogP contribution in [-0.4, -0.2) is 25.1 Å². The summed E-state index contributed by atoms with van der Waals surface area (Å²) in [6, 6.07) is 12.9. The van der Waals surface area contributed by atoms with E-state index in [1.807, 2.05) is 39.0 Å². The van der Waals surface area contributed by atoms with Gasteiger partial charge in [-0.25, -0.2) is 4.79 Å². The van der Waals surface area contributed by atoms with Gasteiger partial charge in [0.05, 0.1) is 18.8 Å². The Kier molecular flexibility index (Phi) is 8.53. The Labute approximate surface area is 167 Å². The van der Waals surface area contributed by atoms with Gasteiger partial charge in [0.1, 0.15) is 5.75 Å². The topological polar surface area (TPSA) is 64.6 Å². The molecule has 2 aromatic rings. The van der Waals surface area contributed by atoms with Gasteiger partial charge in [0.15, 0.2) is 0 Å². The molecule has 0 aliphatic heterocycles. The van der Waals surface area contributed by atoms with Gasteiger partial charge in [-0.05, 0) is 62.1 Å². The summed E-state index contributed by atoms with van der Waals surface area (Å²) in [6.07, 6.45) is 2.76. The van der Waals surface area contributed by atoms with E-state index in [0.29, 0.717) is 37.3 Å². The maximum Gasteiger partial charge on any atom is 0.338 e. The Morgan fingerprint density at radius 1 is 1.00 bits per heavy atom. The number of hydrogen-bond acceptors (Lipinski definition) is 4. The van der Waals surface area contributed by atoms with Crippen LogP contribution < -0.4 is 10.1 Å². The maximum absolute atomic E-state index is 12.2. The second kappa shape index (κ2) is 11.1. The first-order chi connectivity index (χ1) is 13.5. The van der Waals surface area contributed by atoms with Crippen molar-refractivity contribution >= 4 is 17.6 Å². The Bertz CT molecular complexity index is 801. The van der Waals surface area contributed by atoms with E-state index in [1.54, 1.807) is 24.3 Å². The van der Waals surface area contributed by atoms with E-state index in [-0.39, 0.29) is 11.9 Å². The van der Waals surface area contributed by atoms with E-state index in [9.17, 15) is 9.59 Å². The van der Waals surface area contributed by atoms with Crippen LogP contribution in [0.4, 0.5) is 5.69 Å². The number of amides is 1. The lowest BCUT2D eigenvalue weighted by atomic mass is 10.1. The lowest BCUT2D eigenvalue weighted by molar-refractivity contribution is -0.116. The molecule has 0 radical (unpaired) electrons. The molecule has 0 aliphatic carbocycles. The molecular weight excluding hydrogens is 354 g/mol. The highest BCUT2D eigenvalue weighted by molar-refractivity contribution is 5.94. The number of unbranched alkanes of at least 4 members (excludes halogenated alkanes) is 1. The summed E-state index contributed by atoms with van der Waals surface area (Å²) in [7, 11) is 0. The fraction of sp³-hybridized carbons (Fsp3) is 0.391. The van der Waals surface area contributed by atoms with Crippen LogP contribution in [0, 0.1) is 13.8 Å². The number of ether oxygens (including phenoxy) is 2. The van der Waals surface area contributed by atoms with Crippen molar-refractivity contribution in [1.82, 2.24) is 0 Å². The summed E-state index contributed by atoms with van der Waals surface area (Å²) in [5.74, 6) is 0.377.